The van der Waals surface area contributed by atoms with E-state index in [1.165, 1.54) is 17.0 Å². The van der Waals surface area contributed by atoms with Crippen LogP contribution in [0.1, 0.15) is 47.2 Å². The van der Waals surface area contributed by atoms with Crippen LogP contribution in [0, 0.1) is 25.7 Å². The van der Waals surface area contributed by atoms with Gasteiger partial charge in [-0.25, -0.2) is 4.79 Å². The average Bonchev–Trinajstić information content (AvgIpc) is 3.08. The van der Waals surface area contributed by atoms with E-state index in [-0.39, 0.29) is 29.2 Å². The Morgan fingerprint density at radius 3 is 2.36 bits per heavy atom. The normalized spacial score (nSPS) is 19.9. The van der Waals surface area contributed by atoms with Gasteiger partial charge in [0, 0.05) is 10.2 Å². The molecule has 1 heterocycles. The van der Waals surface area contributed by atoms with Crippen LogP contribution in [0.2, 0.25) is 0 Å². The molecule has 0 bridgehead atoms. The molecule has 2 fully saturated rings. The number of carbonyl (C=O) groups is 4. The van der Waals surface area contributed by atoms with E-state index in [9.17, 15) is 19.2 Å². The lowest BCUT2D eigenvalue weighted by molar-refractivity contribution is -0.122. The molecule has 1 saturated carbocycles. The largest absolute Gasteiger partial charge is 0.452 e. The van der Waals surface area contributed by atoms with E-state index in [0.29, 0.717) is 11.4 Å². The number of hydrogen-bond donors (Lipinski definition) is 1. The summed E-state index contributed by atoms with van der Waals surface area (Å²) in [5, 5.41) is 2.75. The molecule has 1 saturated heterocycles. The van der Waals surface area contributed by atoms with Gasteiger partial charge in [0.15, 0.2) is 6.61 Å². The number of fused-ring (bicyclic) bond motifs is 1. The van der Waals surface area contributed by atoms with E-state index in [2.05, 4.69) is 21.2 Å². The quantitative estimate of drug-likeness (QED) is 0.468. The summed E-state index contributed by atoms with van der Waals surface area (Å²) in [5.74, 6) is -2.09. The van der Waals surface area contributed by atoms with Gasteiger partial charge in [-0.1, -0.05) is 34.8 Å². The Labute approximate surface area is 200 Å². The maximum Gasteiger partial charge on any atom is 0.338 e. The van der Waals surface area contributed by atoms with E-state index < -0.39 is 18.5 Å². The van der Waals surface area contributed by atoms with Gasteiger partial charge >= 0.3 is 5.97 Å². The first kappa shape index (κ1) is 23.2. The van der Waals surface area contributed by atoms with Crippen molar-refractivity contribution in [1.82, 2.24) is 0 Å². The molecule has 3 amide bonds. The maximum atomic E-state index is 12.8. The first-order valence-electron chi connectivity index (χ1n) is 11.0. The van der Waals surface area contributed by atoms with Crippen molar-refractivity contribution >= 4 is 51.0 Å². The summed E-state index contributed by atoms with van der Waals surface area (Å²) in [6.45, 7) is 3.38. The molecular formula is C25H25BrN2O5. The third-order valence-electron chi connectivity index (χ3n) is 6.51. The highest BCUT2D eigenvalue weighted by Crippen LogP contribution is 2.40. The monoisotopic (exact) mass is 512 g/mol. The highest BCUT2D eigenvalue weighted by Gasteiger charge is 2.48. The van der Waals surface area contributed by atoms with Crippen LogP contribution in [0.4, 0.5) is 11.4 Å². The minimum absolute atomic E-state index is 0.173. The molecule has 2 aliphatic rings. The lowest BCUT2D eigenvalue weighted by Crippen LogP contribution is -2.31. The third-order valence-corrected chi connectivity index (χ3v) is 7.37. The second-order valence-electron chi connectivity index (χ2n) is 8.53. The molecule has 172 valence electrons. The fourth-order valence-electron chi connectivity index (χ4n) is 4.51. The molecule has 4 rings (SSSR count). The number of imide groups is 1. The number of benzene rings is 2. The highest BCUT2D eigenvalue weighted by atomic mass is 79.9. The molecule has 1 aliphatic carbocycles. The summed E-state index contributed by atoms with van der Waals surface area (Å²) < 4.78 is 6.12. The molecule has 2 atom stereocenters. The number of nitrogens with zero attached hydrogens (tertiary/aromatic N) is 1. The predicted octanol–water partition coefficient (Wildman–Crippen LogP) is 4.54. The number of esters is 1. The van der Waals surface area contributed by atoms with Crippen LogP contribution in [0.3, 0.4) is 0 Å². The molecular weight excluding hydrogens is 488 g/mol. The summed E-state index contributed by atoms with van der Waals surface area (Å²) in [5.41, 5.74) is 3.10. The van der Waals surface area contributed by atoms with Crippen molar-refractivity contribution in [3.8, 4) is 0 Å². The number of nitrogens with one attached hydrogen (secondary N) is 1. The van der Waals surface area contributed by atoms with Crippen LogP contribution in [0.5, 0.6) is 0 Å². The first-order chi connectivity index (χ1) is 15.8. The number of rotatable bonds is 5. The second kappa shape index (κ2) is 9.47. The zero-order valence-electron chi connectivity index (χ0n) is 18.5. The summed E-state index contributed by atoms with van der Waals surface area (Å²) in [6, 6.07) is 9.85. The van der Waals surface area contributed by atoms with Crippen LogP contribution in [0.25, 0.3) is 0 Å². The van der Waals surface area contributed by atoms with Crippen LogP contribution >= 0.6 is 15.9 Å². The Morgan fingerprint density at radius 2 is 1.70 bits per heavy atom. The standard InChI is InChI=1S/C25H25BrN2O5/c1-14-15(2)21(11-10-20(14)26)27-22(29)13-33-25(32)16-6-5-7-17(12-16)28-23(30)18-8-3-4-9-19(18)24(28)31/h5-7,10-12,18-19H,3-4,8-9,13H2,1-2H3,(H,27,29)/t18-,19-/m0/s1. The van der Waals surface area contributed by atoms with E-state index in [0.717, 1.165) is 41.3 Å². The second-order valence-corrected chi connectivity index (χ2v) is 9.38. The number of hydrogen-bond acceptors (Lipinski definition) is 5. The minimum atomic E-state index is -0.702. The topological polar surface area (TPSA) is 92.8 Å². The molecule has 1 aliphatic heterocycles. The van der Waals surface area contributed by atoms with Crippen LogP contribution in [-0.4, -0.2) is 30.3 Å². The van der Waals surface area contributed by atoms with Crippen molar-refractivity contribution in [2.45, 2.75) is 39.5 Å². The van der Waals surface area contributed by atoms with E-state index in [1.807, 2.05) is 19.9 Å². The summed E-state index contributed by atoms with van der Waals surface area (Å²) in [6.07, 6.45) is 3.34. The van der Waals surface area contributed by atoms with Crippen molar-refractivity contribution in [2.75, 3.05) is 16.8 Å². The van der Waals surface area contributed by atoms with Crippen LogP contribution in [-0.2, 0) is 19.1 Å². The molecule has 1 N–H and O–H groups in total. The predicted molar refractivity (Wildman–Crippen MR) is 127 cm³/mol. The van der Waals surface area contributed by atoms with E-state index >= 15 is 0 Å². The fourth-order valence-corrected chi connectivity index (χ4v) is 4.94. The van der Waals surface area contributed by atoms with Gasteiger partial charge in [0.1, 0.15) is 0 Å². The summed E-state index contributed by atoms with van der Waals surface area (Å²) >= 11 is 3.45. The van der Waals surface area contributed by atoms with Crippen LogP contribution < -0.4 is 10.2 Å². The molecule has 8 heteroatoms. The Hall–Kier alpha value is -3.00. The number of amides is 3. The Balaban J connectivity index is 1.41. The number of anilines is 2. The Bertz CT molecular complexity index is 1120. The smallest absolute Gasteiger partial charge is 0.338 e. The van der Waals surface area contributed by atoms with Gasteiger partial charge in [0.05, 0.1) is 23.1 Å². The van der Waals surface area contributed by atoms with Gasteiger partial charge in [0.2, 0.25) is 11.8 Å². The number of halogens is 1. The fraction of sp³-hybridized carbons (Fsp3) is 0.360. The van der Waals surface area contributed by atoms with E-state index in [1.54, 1.807) is 18.2 Å². The van der Waals surface area contributed by atoms with Gasteiger partial charge in [-0.05, 0) is 68.1 Å². The van der Waals surface area contributed by atoms with Gasteiger partial charge in [-0.2, -0.15) is 0 Å². The van der Waals surface area contributed by atoms with Crippen molar-refractivity contribution in [1.29, 1.82) is 0 Å². The van der Waals surface area contributed by atoms with Crippen molar-refractivity contribution in [3.05, 3.63) is 57.6 Å². The molecule has 0 unspecified atom stereocenters. The summed E-state index contributed by atoms with van der Waals surface area (Å²) in [4.78, 5) is 51.7. The summed E-state index contributed by atoms with van der Waals surface area (Å²) in [7, 11) is 0. The van der Waals surface area contributed by atoms with Crippen molar-refractivity contribution in [2.24, 2.45) is 11.8 Å². The van der Waals surface area contributed by atoms with Crippen molar-refractivity contribution in [3.63, 3.8) is 0 Å². The van der Waals surface area contributed by atoms with Gasteiger partial charge in [-0.15, -0.1) is 0 Å². The zero-order valence-corrected chi connectivity index (χ0v) is 20.1. The third kappa shape index (κ3) is 4.57. The number of carbonyl (C=O) groups excluding carboxylic acids is 4. The molecule has 0 spiro atoms. The zero-order chi connectivity index (χ0) is 23.7. The van der Waals surface area contributed by atoms with E-state index in [4.69, 9.17) is 4.74 Å². The Morgan fingerprint density at radius 1 is 1.03 bits per heavy atom. The minimum Gasteiger partial charge on any atom is -0.452 e. The van der Waals surface area contributed by atoms with Gasteiger partial charge < -0.3 is 10.1 Å². The van der Waals surface area contributed by atoms with Gasteiger partial charge in [-0.3, -0.25) is 19.3 Å². The van der Waals surface area contributed by atoms with Crippen molar-refractivity contribution < 1.29 is 23.9 Å². The molecule has 33 heavy (non-hydrogen) atoms. The lowest BCUT2D eigenvalue weighted by Gasteiger charge is -2.19. The molecule has 0 radical (unpaired) electrons. The number of ether oxygens (including phenoxy) is 1. The maximum absolute atomic E-state index is 12.8. The molecule has 2 aromatic carbocycles. The van der Waals surface area contributed by atoms with Crippen LogP contribution in [0.15, 0.2) is 40.9 Å². The average molecular weight is 513 g/mol. The Kier molecular flexibility index (Phi) is 6.65. The molecule has 2 aromatic rings. The lowest BCUT2D eigenvalue weighted by atomic mass is 9.81. The first-order valence-corrected chi connectivity index (χ1v) is 11.8. The van der Waals surface area contributed by atoms with Gasteiger partial charge in [0.25, 0.3) is 5.91 Å². The highest BCUT2D eigenvalue weighted by molar-refractivity contribution is 9.10. The SMILES string of the molecule is Cc1c(Br)ccc(NC(=O)COC(=O)c2cccc(N3C(=O)[C@H]4CCCC[C@@H]4C3=O)c2)c1C. The molecule has 0 aromatic heterocycles. The molecule has 7 nitrogen and oxygen atoms in total.